The van der Waals surface area contributed by atoms with Crippen molar-refractivity contribution in [3.05, 3.63) is 29.3 Å². The molecule has 16 heavy (non-hydrogen) atoms. The number of aliphatic carboxylic acids is 1. The Morgan fingerprint density at radius 1 is 1.50 bits per heavy atom. The zero-order valence-corrected chi connectivity index (χ0v) is 8.59. The van der Waals surface area contributed by atoms with Gasteiger partial charge in [0.15, 0.2) is 6.10 Å². The molecule has 1 aromatic carbocycles. The number of rotatable bonds is 5. The molecule has 0 fully saturated rings. The molecule has 0 heterocycles. The maximum atomic E-state index is 10.7. The number of hydrogen-bond donors (Lipinski definition) is 3. The van der Waals surface area contributed by atoms with Crippen molar-refractivity contribution in [3.8, 4) is 0 Å². The summed E-state index contributed by atoms with van der Waals surface area (Å²) in [7, 11) is 0. The van der Waals surface area contributed by atoms with Crippen LogP contribution in [0.4, 0.5) is 5.69 Å². The first kappa shape index (κ1) is 12.2. The number of aliphatic hydroxyl groups is 1. The van der Waals surface area contributed by atoms with Gasteiger partial charge in [0.25, 0.3) is 0 Å². The fourth-order valence-corrected chi connectivity index (χ4v) is 1.44. The molecule has 5 heteroatoms. The average molecular weight is 223 g/mol. The van der Waals surface area contributed by atoms with Crippen molar-refractivity contribution in [1.82, 2.24) is 0 Å². The molecule has 1 aromatic rings. The number of carboxylic acids is 1. The summed E-state index contributed by atoms with van der Waals surface area (Å²) >= 11 is 0. The molecule has 0 saturated heterocycles. The molecule has 0 aliphatic heterocycles. The maximum absolute atomic E-state index is 10.7. The van der Waals surface area contributed by atoms with Gasteiger partial charge in [-0.05, 0) is 29.7 Å². The van der Waals surface area contributed by atoms with Crippen LogP contribution in [0, 0.1) is 0 Å². The minimum atomic E-state index is -1.61. The summed E-state index contributed by atoms with van der Waals surface area (Å²) in [5.74, 6) is -1.34. The van der Waals surface area contributed by atoms with E-state index in [1.165, 1.54) is 6.07 Å². The van der Waals surface area contributed by atoms with E-state index in [0.717, 1.165) is 6.29 Å². The highest BCUT2D eigenvalue weighted by atomic mass is 16.4. The van der Waals surface area contributed by atoms with Gasteiger partial charge in [-0.1, -0.05) is 6.07 Å². The summed E-state index contributed by atoms with van der Waals surface area (Å²) < 4.78 is 0. The topological polar surface area (TPSA) is 101 Å². The Balaban J connectivity index is 3.06. The van der Waals surface area contributed by atoms with Crippen LogP contribution in [0.25, 0.3) is 0 Å². The van der Waals surface area contributed by atoms with Gasteiger partial charge in [-0.15, -0.1) is 0 Å². The van der Waals surface area contributed by atoms with E-state index in [1.807, 2.05) is 0 Å². The zero-order valence-electron chi connectivity index (χ0n) is 8.59. The Labute approximate surface area is 92.5 Å². The van der Waals surface area contributed by atoms with Gasteiger partial charge in [0, 0.05) is 12.1 Å². The van der Waals surface area contributed by atoms with Gasteiger partial charge in [-0.25, -0.2) is 4.79 Å². The van der Waals surface area contributed by atoms with E-state index in [0.29, 0.717) is 17.7 Å². The predicted octanol–water partition coefficient (Wildman–Crippen LogP) is 0.518. The number of aliphatic hydroxyl groups excluding tert-OH is 1. The molecular formula is C11H13NO4. The van der Waals surface area contributed by atoms with E-state index in [1.54, 1.807) is 12.1 Å². The largest absolute Gasteiger partial charge is 0.479 e. The molecule has 0 amide bonds. The standard InChI is InChI=1S/C11H13NO4/c12-8-4-3-7(2-1-5-13)9(6-8)10(14)11(15)16/h3-6,10,14H,1-2,12H2,(H,15,16). The number of aldehydes is 1. The van der Waals surface area contributed by atoms with Crippen molar-refractivity contribution < 1.29 is 19.8 Å². The lowest BCUT2D eigenvalue weighted by atomic mass is 9.98. The Kier molecular flexibility index (Phi) is 4.02. The zero-order chi connectivity index (χ0) is 12.1. The van der Waals surface area contributed by atoms with Gasteiger partial charge < -0.3 is 20.7 Å². The summed E-state index contributed by atoms with van der Waals surface area (Å²) in [6.07, 6.45) is -0.190. The second-order valence-corrected chi connectivity index (χ2v) is 3.40. The van der Waals surface area contributed by atoms with Crippen molar-refractivity contribution >= 4 is 17.9 Å². The molecule has 1 rings (SSSR count). The Morgan fingerprint density at radius 2 is 2.19 bits per heavy atom. The third-order valence-corrected chi connectivity index (χ3v) is 2.23. The molecule has 1 unspecified atom stereocenters. The maximum Gasteiger partial charge on any atom is 0.337 e. The summed E-state index contributed by atoms with van der Waals surface area (Å²) in [4.78, 5) is 20.9. The van der Waals surface area contributed by atoms with Crippen LogP contribution in [0.1, 0.15) is 23.7 Å². The second-order valence-electron chi connectivity index (χ2n) is 3.40. The number of nitrogen functional groups attached to an aromatic ring is 1. The highest BCUT2D eigenvalue weighted by molar-refractivity contribution is 5.75. The van der Waals surface area contributed by atoms with Crippen molar-refractivity contribution in [2.24, 2.45) is 0 Å². The van der Waals surface area contributed by atoms with Crippen molar-refractivity contribution in [2.75, 3.05) is 5.73 Å². The van der Waals surface area contributed by atoms with E-state index < -0.39 is 12.1 Å². The molecule has 0 aliphatic rings. The van der Waals surface area contributed by atoms with Crippen LogP contribution in [-0.2, 0) is 16.0 Å². The van der Waals surface area contributed by atoms with E-state index >= 15 is 0 Å². The summed E-state index contributed by atoms with van der Waals surface area (Å²) in [6, 6.07) is 4.65. The number of hydrogen-bond acceptors (Lipinski definition) is 4. The lowest BCUT2D eigenvalue weighted by Crippen LogP contribution is -2.13. The number of benzene rings is 1. The second kappa shape index (κ2) is 5.27. The van der Waals surface area contributed by atoms with E-state index in [9.17, 15) is 14.7 Å². The Hall–Kier alpha value is -1.88. The molecule has 0 saturated carbocycles. The minimum absolute atomic E-state index is 0.245. The first-order valence-corrected chi connectivity index (χ1v) is 4.79. The predicted molar refractivity (Wildman–Crippen MR) is 57.8 cm³/mol. The van der Waals surface area contributed by atoms with Crippen molar-refractivity contribution in [2.45, 2.75) is 18.9 Å². The fraction of sp³-hybridized carbons (Fsp3) is 0.273. The van der Waals surface area contributed by atoms with Crippen LogP contribution in [0.5, 0.6) is 0 Å². The highest BCUT2D eigenvalue weighted by Crippen LogP contribution is 2.22. The van der Waals surface area contributed by atoms with Crippen molar-refractivity contribution in [1.29, 1.82) is 0 Å². The third kappa shape index (κ3) is 2.80. The van der Waals surface area contributed by atoms with Gasteiger partial charge in [0.2, 0.25) is 0 Å². The van der Waals surface area contributed by atoms with Crippen molar-refractivity contribution in [3.63, 3.8) is 0 Å². The fourth-order valence-electron chi connectivity index (χ4n) is 1.44. The Morgan fingerprint density at radius 3 is 2.75 bits per heavy atom. The molecule has 5 nitrogen and oxygen atoms in total. The lowest BCUT2D eigenvalue weighted by molar-refractivity contribution is -0.147. The van der Waals surface area contributed by atoms with Crippen LogP contribution in [0.15, 0.2) is 18.2 Å². The third-order valence-electron chi connectivity index (χ3n) is 2.23. The molecule has 0 aromatic heterocycles. The smallest absolute Gasteiger partial charge is 0.337 e. The monoisotopic (exact) mass is 223 g/mol. The summed E-state index contributed by atoms with van der Waals surface area (Å²) in [6.45, 7) is 0. The van der Waals surface area contributed by atoms with Crippen LogP contribution < -0.4 is 5.73 Å². The number of nitrogens with two attached hydrogens (primary N) is 1. The van der Waals surface area contributed by atoms with Gasteiger partial charge in [0.1, 0.15) is 6.29 Å². The average Bonchev–Trinajstić information content (AvgIpc) is 2.26. The number of carbonyl (C=O) groups excluding carboxylic acids is 1. The van der Waals surface area contributed by atoms with Crippen LogP contribution in [0.2, 0.25) is 0 Å². The van der Waals surface area contributed by atoms with Crippen LogP contribution >= 0.6 is 0 Å². The molecule has 0 spiro atoms. The highest BCUT2D eigenvalue weighted by Gasteiger charge is 2.19. The number of anilines is 1. The van der Waals surface area contributed by atoms with E-state index in [-0.39, 0.29) is 12.0 Å². The molecule has 86 valence electrons. The number of carbonyl (C=O) groups is 2. The van der Waals surface area contributed by atoms with Gasteiger partial charge >= 0.3 is 5.97 Å². The molecule has 0 bridgehead atoms. The quantitative estimate of drug-likeness (QED) is 0.499. The summed E-state index contributed by atoms with van der Waals surface area (Å²) in [5.41, 5.74) is 6.77. The first-order valence-electron chi connectivity index (χ1n) is 4.79. The molecule has 4 N–H and O–H groups in total. The number of carboxylic acid groups (broad SMARTS) is 1. The van der Waals surface area contributed by atoms with Crippen LogP contribution in [-0.4, -0.2) is 22.5 Å². The van der Waals surface area contributed by atoms with Crippen LogP contribution in [0.3, 0.4) is 0 Å². The van der Waals surface area contributed by atoms with E-state index in [4.69, 9.17) is 10.8 Å². The summed E-state index contributed by atoms with van der Waals surface area (Å²) in [5, 5.41) is 18.2. The normalized spacial score (nSPS) is 12.1. The van der Waals surface area contributed by atoms with Gasteiger partial charge in [-0.2, -0.15) is 0 Å². The molecule has 1 atom stereocenters. The number of aryl methyl sites for hydroxylation is 1. The minimum Gasteiger partial charge on any atom is -0.479 e. The first-order chi connectivity index (χ1) is 7.56. The molecule has 0 aliphatic carbocycles. The lowest BCUT2D eigenvalue weighted by Gasteiger charge is -2.12. The van der Waals surface area contributed by atoms with E-state index in [2.05, 4.69) is 0 Å². The Bertz CT molecular complexity index is 403. The molecular weight excluding hydrogens is 210 g/mol. The molecule has 0 radical (unpaired) electrons. The van der Waals surface area contributed by atoms with Gasteiger partial charge in [-0.3, -0.25) is 0 Å². The SMILES string of the molecule is Nc1ccc(CCC=O)c(C(O)C(=O)O)c1. The van der Waals surface area contributed by atoms with Gasteiger partial charge in [0.05, 0.1) is 0 Å².